The molecule has 1 aromatic carbocycles. The molecule has 0 bridgehead atoms. The van der Waals surface area contributed by atoms with Gasteiger partial charge in [0, 0.05) is 5.69 Å². The molecule has 102 valence electrons. The Labute approximate surface area is 112 Å². The van der Waals surface area contributed by atoms with E-state index in [1.54, 1.807) is 37.3 Å². The van der Waals surface area contributed by atoms with Gasteiger partial charge in [-0.15, -0.1) is 0 Å². The van der Waals surface area contributed by atoms with E-state index in [2.05, 4.69) is 4.98 Å². The maximum Gasteiger partial charge on any atom is 0.294 e. The smallest absolute Gasteiger partial charge is 0.294 e. The molecule has 0 saturated heterocycles. The maximum absolute atomic E-state index is 10.6. The molecule has 0 aliphatic heterocycles. The monoisotopic (exact) mass is 281 g/mol. The van der Waals surface area contributed by atoms with E-state index in [1.807, 2.05) is 6.92 Å². The molecule has 5 nitrogen and oxygen atoms in total. The second kappa shape index (κ2) is 6.31. The highest BCUT2D eigenvalue weighted by Crippen LogP contribution is 2.12. The molecule has 0 fully saturated rings. The van der Waals surface area contributed by atoms with Crippen LogP contribution >= 0.6 is 0 Å². The summed E-state index contributed by atoms with van der Waals surface area (Å²) in [5.74, 6) is 0.218. The van der Waals surface area contributed by atoms with Gasteiger partial charge in [-0.25, -0.2) is 0 Å². The molecular formula is C13H15NO4S. The molecule has 0 aliphatic carbocycles. The fraction of sp³-hybridized carbons (Fsp3) is 0.154. The van der Waals surface area contributed by atoms with Crippen LogP contribution in [0.2, 0.25) is 0 Å². The van der Waals surface area contributed by atoms with E-state index in [1.165, 1.54) is 12.3 Å². The van der Waals surface area contributed by atoms with Crippen molar-refractivity contribution in [1.29, 1.82) is 0 Å². The maximum atomic E-state index is 10.6. The van der Waals surface area contributed by atoms with E-state index in [0.717, 1.165) is 5.69 Å². The van der Waals surface area contributed by atoms with Crippen LogP contribution in [0.25, 0.3) is 0 Å². The van der Waals surface area contributed by atoms with Crippen LogP contribution in [0.4, 0.5) is 0 Å². The molecule has 1 aromatic heterocycles. The Morgan fingerprint density at radius 2 is 1.68 bits per heavy atom. The number of aryl methyl sites for hydroxylation is 2. The van der Waals surface area contributed by atoms with Gasteiger partial charge >= 0.3 is 0 Å². The van der Waals surface area contributed by atoms with Gasteiger partial charge in [-0.1, -0.05) is 18.2 Å². The highest BCUT2D eigenvalue weighted by atomic mass is 32.2. The van der Waals surface area contributed by atoms with Crippen molar-refractivity contribution in [2.45, 2.75) is 18.7 Å². The van der Waals surface area contributed by atoms with Crippen LogP contribution in [0, 0.1) is 13.8 Å². The lowest BCUT2D eigenvalue weighted by Crippen LogP contribution is -1.99. The Balaban J connectivity index is 0.000000200. The Morgan fingerprint density at radius 3 is 2.05 bits per heavy atom. The Hall–Kier alpha value is -1.92. The summed E-state index contributed by atoms with van der Waals surface area (Å²) in [7, 11) is -4.03. The van der Waals surface area contributed by atoms with Crippen LogP contribution in [0.3, 0.4) is 0 Å². The Bertz CT molecular complexity index is 615. The van der Waals surface area contributed by atoms with Gasteiger partial charge in [0.25, 0.3) is 10.1 Å². The first-order valence-electron chi connectivity index (χ1n) is 5.45. The third-order valence-corrected chi connectivity index (χ3v) is 3.28. The van der Waals surface area contributed by atoms with Gasteiger partial charge in [-0.3, -0.25) is 9.54 Å². The lowest BCUT2D eigenvalue weighted by Gasteiger charge is -1.99. The molecule has 0 spiro atoms. The van der Waals surface area contributed by atoms with Crippen LogP contribution in [0.1, 0.15) is 11.3 Å². The highest BCUT2D eigenvalue weighted by Gasteiger charge is 2.10. The van der Waals surface area contributed by atoms with Gasteiger partial charge in [-0.05, 0) is 37.6 Å². The lowest BCUT2D eigenvalue weighted by atomic mass is 10.2. The molecular weight excluding hydrogens is 266 g/mol. The summed E-state index contributed by atoms with van der Waals surface area (Å²) in [4.78, 5) is 3.80. The molecule has 2 aromatic rings. The van der Waals surface area contributed by atoms with Crippen molar-refractivity contribution in [3.8, 4) is 5.75 Å². The van der Waals surface area contributed by atoms with E-state index >= 15 is 0 Å². The summed E-state index contributed by atoms with van der Waals surface area (Å²) in [6, 6.07) is 9.64. The first kappa shape index (κ1) is 15.1. The second-order valence-corrected chi connectivity index (χ2v) is 5.29. The first-order chi connectivity index (χ1) is 8.80. The summed E-state index contributed by atoms with van der Waals surface area (Å²) in [5, 5.41) is 8.69. The van der Waals surface area contributed by atoms with Crippen molar-refractivity contribution >= 4 is 10.1 Å². The first-order valence-corrected chi connectivity index (χ1v) is 6.89. The van der Waals surface area contributed by atoms with Crippen LogP contribution < -0.4 is 0 Å². The van der Waals surface area contributed by atoms with E-state index in [0.29, 0.717) is 5.56 Å². The lowest BCUT2D eigenvalue weighted by molar-refractivity contribution is 0.472. The van der Waals surface area contributed by atoms with E-state index < -0.39 is 10.1 Å². The number of aromatic nitrogens is 1. The highest BCUT2D eigenvalue weighted by molar-refractivity contribution is 7.85. The van der Waals surface area contributed by atoms with E-state index in [4.69, 9.17) is 9.66 Å². The summed E-state index contributed by atoms with van der Waals surface area (Å²) in [5.41, 5.74) is 1.47. The van der Waals surface area contributed by atoms with E-state index in [-0.39, 0.29) is 10.6 Å². The number of nitrogens with zero attached hydrogens (tertiary/aromatic N) is 1. The number of aromatic hydroxyl groups is 1. The molecule has 2 N–H and O–H groups in total. The Kier molecular flexibility index (Phi) is 5.02. The minimum Gasteiger partial charge on any atom is -0.506 e. The summed E-state index contributed by atoms with van der Waals surface area (Å²) >= 11 is 0. The minimum atomic E-state index is -4.03. The van der Waals surface area contributed by atoms with Crippen LogP contribution in [0.5, 0.6) is 5.75 Å². The van der Waals surface area contributed by atoms with Crippen molar-refractivity contribution < 1.29 is 18.1 Å². The van der Waals surface area contributed by atoms with Gasteiger partial charge in [0.2, 0.25) is 0 Å². The third-order valence-electron chi connectivity index (χ3n) is 2.27. The van der Waals surface area contributed by atoms with Crippen molar-refractivity contribution in [1.82, 2.24) is 4.98 Å². The SMILES string of the molecule is Cc1ccc(O)cn1.Cc1ccccc1S(=O)(=O)O. The predicted molar refractivity (Wildman–Crippen MR) is 71.6 cm³/mol. The Morgan fingerprint density at radius 1 is 1.05 bits per heavy atom. The minimum absolute atomic E-state index is 0.0278. The zero-order chi connectivity index (χ0) is 14.5. The molecule has 0 radical (unpaired) electrons. The van der Waals surface area contributed by atoms with E-state index in [9.17, 15) is 8.42 Å². The van der Waals surface area contributed by atoms with Gasteiger partial charge in [0.05, 0.1) is 11.1 Å². The molecule has 2 rings (SSSR count). The van der Waals surface area contributed by atoms with Crippen molar-refractivity contribution in [2.75, 3.05) is 0 Å². The number of hydrogen-bond donors (Lipinski definition) is 2. The molecule has 0 unspecified atom stereocenters. The largest absolute Gasteiger partial charge is 0.506 e. The van der Waals surface area contributed by atoms with Crippen LogP contribution in [-0.4, -0.2) is 23.1 Å². The molecule has 0 amide bonds. The van der Waals surface area contributed by atoms with Crippen molar-refractivity contribution in [2.24, 2.45) is 0 Å². The molecule has 0 atom stereocenters. The number of pyridine rings is 1. The molecule has 19 heavy (non-hydrogen) atoms. The average Bonchev–Trinajstić information content (AvgIpc) is 2.33. The molecule has 0 aliphatic rings. The number of hydrogen-bond acceptors (Lipinski definition) is 4. The van der Waals surface area contributed by atoms with Gasteiger partial charge < -0.3 is 5.11 Å². The van der Waals surface area contributed by atoms with Crippen molar-refractivity contribution in [3.63, 3.8) is 0 Å². The third kappa shape index (κ3) is 5.07. The predicted octanol–water partition coefficient (Wildman–Crippen LogP) is 2.34. The molecule has 0 saturated carbocycles. The molecule has 6 heteroatoms. The fourth-order valence-corrected chi connectivity index (χ4v) is 2.03. The van der Waals surface area contributed by atoms with Crippen LogP contribution in [-0.2, 0) is 10.1 Å². The fourth-order valence-electron chi connectivity index (χ4n) is 1.31. The number of benzene rings is 1. The zero-order valence-corrected chi connectivity index (χ0v) is 11.4. The van der Waals surface area contributed by atoms with Gasteiger partial charge in [0.1, 0.15) is 5.75 Å². The number of rotatable bonds is 1. The summed E-state index contributed by atoms with van der Waals surface area (Å²) in [6.45, 7) is 3.50. The second-order valence-electron chi connectivity index (χ2n) is 3.90. The quantitative estimate of drug-likeness (QED) is 0.783. The zero-order valence-electron chi connectivity index (χ0n) is 10.6. The van der Waals surface area contributed by atoms with Gasteiger partial charge in [-0.2, -0.15) is 8.42 Å². The van der Waals surface area contributed by atoms with Gasteiger partial charge in [0.15, 0.2) is 0 Å². The summed E-state index contributed by atoms with van der Waals surface area (Å²) in [6.07, 6.45) is 1.43. The average molecular weight is 281 g/mol. The van der Waals surface area contributed by atoms with Crippen molar-refractivity contribution in [3.05, 3.63) is 53.9 Å². The molecule has 1 heterocycles. The topological polar surface area (TPSA) is 87.5 Å². The summed E-state index contributed by atoms with van der Waals surface area (Å²) < 4.78 is 29.9. The standard InChI is InChI=1S/C7H8O3S.C6H7NO/c1-6-4-2-3-5-7(6)11(8,9)10;1-5-2-3-6(8)4-7-5/h2-5H,1H3,(H,8,9,10);2-4,8H,1H3. The normalized spacial score (nSPS) is 10.5. The van der Waals surface area contributed by atoms with Crippen LogP contribution in [0.15, 0.2) is 47.5 Å².